The Balaban J connectivity index is 1.93. The summed E-state index contributed by atoms with van der Waals surface area (Å²) in [6.45, 7) is 2.75. The van der Waals surface area contributed by atoms with Crippen molar-refractivity contribution in [3.05, 3.63) is 17.1 Å². The maximum Gasteiger partial charge on any atom is 0.151 e. The van der Waals surface area contributed by atoms with Crippen molar-refractivity contribution in [1.82, 2.24) is 14.5 Å². The van der Waals surface area contributed by atoms with Crippen LogP contribution >= 0.6 is 0 Å². The quantitative estimate of drug-likeness (QED) is 0.844. The van der Waals surface area contributed by atoms with Crippen LogP contribution in [0, 0.1) is 6.92 Å². The van der Waals surface area contributed by atoms with E-state index in [1.165, 1.54) is 18.2 Å². The zero-order valence-electron chi connectivity index (χ0n) is 13.8. The van der Waals surface area contributed by atoms with Crippen molar-refractivity contribution in [1.29, 1.82) is 0 Å². The molecule has 0 aromatic carbocycles. The fourth-order valence-corrected chi connectivity index (χ4v) is 4.15. The van der Waals surface area contributed by atoms with E-state index in [1.54, 1.807) is 0 Å². The normalized spacial score (nSPS) is 15.0. The molecule has 7 heteroatoms. The lowest BCUT2D eigenvalue weighted by Gasteiger charge is -2.18. The second kappa shape index (κ2) is 6.11. The lowest BCUT2D eigenvalue weighted by molar-refractivity contribution is 0.587. The first kappa shape index (κ1) is 16.2. The summed E-state index contributed by atoms with van der Waals surface area (Å²) >= 11 is 0. The third-order valence-electron chi connectivity index (χ3n) is 4.53. The van der Waals surface area contributed by atoms with Gasteiger partial charge in [-0.3, -0.25) is 0 Å². The highest BCUT2D eigenvalue weighted by molar-refractivity contribution is 7.90. The summed E-state index contributed by atoms with van der Waals surface area (Å²) in [5.41, 5.74) is 10.4. The second-order valence-electron chi connectivity index (χ2n) is 6.47. The van der Waals surface area contributed by atoms with E-state index in [4.69, 9.17) is 5.73 Å². The van der Waals surface area contributed by atoms with Gasteiger partial charge in [0.15, 0.2) is 5.82 Å². The van der Waals surface area contributed by atoms with Gasteiger partial charge >= 0.3 is 0 Å². The first-order valence-corrected chi connectivity index (χ1v) is 10.2. The Kier molecular flexibility index (Phi) is 4.31. The van der Waals surface area contributed by atoms with Gasteiger partial charge in [0.1, 0.15) is 21.2 Å². The van der Waals surface area contributed by atoms with Crippen molar-refractivity contribution >= 4 is 26.7 Å². The third-order valence-corrected chi connectivity index (χ3v) is 5.56. The van der Waals surface area contributed by atoms with Gasteiger partial charge in [0.05, 0.1) is 5.52 Å². The lowest BCUT2D eigenvalue weighted by atomic mass is 9.95. The Hall–Kier alpha value is -1.63. The SMILES string of the molecule is Cc1nc2c(N)nc3c(c2n1CCCCS(C)(=O)=O)CCCC3. The highest BCUT2D eigenvalue weighted by Crippen LogP contribution is 2.31. The van der Waals surface area contributed by atoms with Gasteiger partial charge in [0.25, 0.3) is 0 Å². The Morgan fingerprint density at radius 1 is 1.17 bits per heavy atom. The number of nitrogen functional groups attached to an aromatic ring is 1. The standard InChI is InChI=1S/C16H24N4O2S/c1-11-18-14-15(20(11)9-5-6-10-23(2,21)22)12-7-3-4-8-13(12)19-16(14)17/h3-10H2,1-2H3,(H2,17,19). The number of nitrogens with zero attached hydrogens (tertiary/aromatic N) is 3. The van der Waals surface area contributed by atoms with Crippen LogP contribution in [0.2, 0.25) is 0 Å². The van der Waals surface area contributed by atoms with E-state index in [9.17, 15) is 8.42 Å². The predicted octanol–water partition coefficient (Wildman–Crippen LogP) is 2.03. The summed E-state index contributed by atoms with van der Waals surface area (Å²) in [5, 5.41) is 0. The molecule has 0 saturated heterocycles. The number of pyridine rings is 1. The molecule has 1 aliphatic carbocycles. The van der Waals surface area contributed by atoms with Crippen LogP contribution in [0.5, 0.6) is 0 Å². The number of imidazole rings is 1. The van der Waals surface area contributed by atoms with Crippen molar-refractivity contribution in [3.8, 4) is 0 Å². The first-order valence-electron chi connectivity index (χ1n) is 8.18. The van der Waals surface area contributed by atoms with E-state index >= 15 is 0 Å². The molecule has 1 aliphatic rings. The van der Waals surface area contributed by atoms with Gasteiger partial charge in [0.2, 0.25) is 0 Å². The molecule has 23 heavy (non-hydrogen) atoms. The molecule has 0 saturated carbocycles. The minimum Gasteiger partial charge on any atom is -0.382 e. The van der Waals surface area contributed by atoms with E-state index in [-0.39, 0.29) is 5.75 Å². The van der Waals surface area contributed by atoms with Crippen LogP contribution in [0.15, 0.2) is 0 Å². The van der Waals surface area contributed by atoms with E-state index in [0.29, 0.717) is 12.2 Å². The number of aromatic nitrogens is 3. The fraction of sp³-hybridized carbons (Fsp3) is 0.625. The fourth-order valence-electron chi connectivity index (χ4n) is 3.42. The molecule has 0 atom stereocenters. The Morgan fingerprint density at radius 3 is 2.65 bits per heavy atom. The maximum absolute atomic E-state index is 11.3. The first-order chi connectivity index (χ1) is 10.9. The average molecular weight is 336 g/mol. The minimum absolute atomic E-state index is 0.237. The second-order valence-corrected chi connectivity index (χ2v) is 8.73. The van der Waals surface area contributed by atoms with Crippen LogP contribution in [-0.2, 0) is 29.2 Å². The molecule has 126 valence electrons. The van der Waals surface area contributed by atoms with Gasteiger partial charge in [-0.15, -0.1) is 0 Å². The third kappa shape index (κ3) is 3.34. The lowest BCUT2D eigenvalue weighted by Crippen LogP contribution is -2.11. The average Bonchev–Trinajstić information content (AvgIpc) is 2.81. The van der Waals surface area contributed by atoms with Crippen LogP contribution in [-0.4, -0.2) is 35.0 Å². The number of unbranched alkanes of at least 4 members (excludes halogenated alkanes) is 1. The van der Waals surface area contributed by atoms with Crippen molar-refractivity contribution in [3.63, 3.8) is 0 Å². The number of rotatable bonds is 5. The van der Waals surface area contributed by atoms with Crippen molar-refractivity contribution in [2.24, 2.45) is 0 Å². The molecular formula is C16H24N4O2S. The molecule has 0 bridgehead atoms. The number of fused-ring (bicyclic) bond motifs is 3. The van der Waals surface area contributed by atoms with Crippen LogP contribution in [0.25, 0.3) is 11.0 Å². The summed E-state index contributed by atoms with van der Waals surface area (Å²) in [5.74, 6) is 1.67. The Labute approximate surface area is 137 Å². The molecule has 2 aromatic heterocycles. The number of sulfone groups is 1. The van der Waals surface area contributed by atoms with E-state index in [2.05, 4.69) is 14.5 Å². The summed E-state index contributed by atoms with van der Waals surface area (Å²) in [4.78, 5) is 9.15. The molecular weight excluding hydrogens is 312 g/mol. The van der Waals surface area contributed by atoms with Crippen molar-refractivity contribution in [2.75, 3.05) is 17.7 Å². The number of aryl methyl sites for hydroxylation is 4. The molecule has 2 N–H and O–H groups in total. The topological polar surface area (TPSA) is 90.9 Å². The minimum atomic E-state index is -2.89. The molecule has 0 spiro atoms. The summed E-state index contributed by atoms with van der Waals surface area (Å²) < 4.78 is 24.7. The number of hydrogen-bond donors (Lipinski definition) is 1. The molecule has 0 fully saturated rings. The zero-order chi connectivity index (χ0) is 16.6. The van der Waals surface area contributed by atoms with E-state index in [0.717, 1.165) is 54.8 Å². The molecule has 3 rings (SSSR count). The van der Waals surface area contributed by atoms with Gasteiger partial charge in [0, 0.05) is 24.2 Å². The molecule has 6 nitrogen and oxygen atoms in total. The predicted molar refractivity (Wildman–Crippen MR) is 92.3 cm³/mol. The van der Waals surface area contributed by atoms with Crippen LogP contribution < -0.4 is 5.73 Å². The smallest absolute Gasteiger partial charge is 0.151 e. The number of hydrogen-bond acceptors (Lipinski definition) is 5. The van der Waals surface area contributed by atoms with Crippen molar-refractivity contribution < 1.29 is 8.42 Å². The summed E-state index contributed by atoms with van der Waals surface area (Å²) in [6, 6.07) is 0. The monoisotopic (exact) mass is 336 g/mol. The van der Waals surface area contributed by atoms with Gasteiger partial charge in [-0.2, -0.15) is 0 Å². The van der Waals surface area contributed by atoms with Crippen LogP contribution in [0.1, 0.15) is 42.8 Å². The molecule has 0 radical (unpaired) electrons. The Morgan fingerprint density at radius 2 is 1.91 bits per heavy atom. The zero-order valence-corrected chi connectivity index (χ0v) is 14.6. The molecule has 0 unspecified atom stereocenters. The van der Waals surface area contributed by atoms with Gasteiger partial charge in [-0.05, 0) is 51.0 Å². The van der Waals surface area contributed by atoms with Gasteiger partial charge < -0.3 is 10.3 Å². The van der Waals surface area contributed by atoms with Crippen LogP contribution in [0.3, 0.4) is 0 Å². The molecule has 2 aromatic rings. The van der Waals surface area contributed by atoms with Gasteiger partial charge in [-0.1, -0.05) is 0 Å². The summed E-state index contributed by atoms with van der Waals surface area (Å²) in [6.07, 6.45) is 7.10. The number of anilines is 1. The highest BCUT2D eigenvalue weighted by Gasteiger charge is 2.21. The Bertz CT molecular complexity index is 840. The van der Waals surface area contributed by atoms with Crippen molar-refractivity contribution in [2.45, 2.75) is 52.0 Å². The van der Waals surface area contributed by atoms with E-state index in [1.807, 2.05) is 6.92 Å². The van der Waals surface area contributed by atoms with Crippen LogP contribution in [0.4, 0.5) is 5.82 Å². The maximum atomic E-state index is 11.3. The van der Waals surface area contributed by atoms with Gasteiger partial charge in [-0.25, -0.2) is 18.4 Å². The highest BCUT2D eigenvalue weighted by atomic mass is 32.2. The largest absolute Gasteiger partial charge is 0.382 e. The molecule has 0 amide bonds. The summed E-state index contributed by atoms with van der Waals surface area (Å²) in [7, 11) is -2.89. The number of nitrogens with two attached hydrogens (primary N) is 1. The molecule has 0 aliphatic heterocycles. The molecule has 2 heterocycles. The van der Waals surface area contributed by atoms with E-state index < -0.39 is 9.84 Å².